The van der Waals surface area contributed by atoms with E-state index in [0.717, 1.165) is 30.2 Å². The van der Waals surface area contributed by atoms with E-state index in [0.29, 0.717) is 12.5 Å². The van der Waals surface area contributed by atoms with Crippen LogP contribution in [0.25, 0.3) is 0 Å². The van der Waals surface area contributed by atoms with E-state index in [1.165, 1.54) is 4.90 Å². The van der Waals surface area contributed by atoms with Crippen molar-refractivity contribution in [3.05, 3.63) is 34.9 Å². The summed E-state index contributed by atoms with van der Waals surface area (Å²) < 4.78 is 0. The van der Waals surface area contributed by atoms with Crippen LogP contribution in [0, 0.1) is 0 Å². The molecule has 0 fully saturated rings. The Balaban J connectivity index is 2.93. The second-order valence-electron chi connectivity index (χ2n) is 6.12. The van der Waals surface area contributed by atoms with Gasteiger partial charge in [-0.1, -0.05) is 43.6 Å². The van der Waals surface area contributed by atoms with Crippen molar-refractivity contribution in [2.24, 2.45) is 4.99 Å². The van der Waals surface area contributed by atoms with Gasteiger partial charge in [0.2, 0.25) is 5.91 Å². The minimum atomic E-state index is -0.0337. The van der Waals surface area contributed by atoms with E-state index in [4.69, 9.17) is 11.6 Å². The third-order valence-corrected chi connectivity index (χ3v) is 4.54. The maximum absolute atomic E-state index is 11.8. The molecule has 6 nitrogen and oxygen atoms in total. The molecule has 1 atom stereocenters. The molecule has 0 saturated heterocycles. The third kappa shape index (κ3) is 6.84. The van der Waals surface area contributed by atoms with E-state index in [9.17, 15) is 4.79 Å². The Labute approximate surface area is 162 Å². The van der Waals surface area contributed by atoms with Crippen molar-refractivity contribution >= 4 is 23.5 Å². The molecule has 1 amide bonds. The van der Waals surface area contributed by atoms with E-state index in [1.807, 2.05) is 25.1 Å². The molecule has 0 radical (unpaired) electrons. The lowest BCUT2D eigenvalue weighted by atomic mass is 10.0. The number of amides is 1. The van der Waals surface area contributed by atoms with Crippen LogP contribution >= 0.6 is 11.6 Å². The Hall–Kier alpha value is -1.79. The maximum Gasteiger partial charge on any atom is 0.243 e. The average molecular weight is 382 g/mol. The lowest BCUT2D eigenvalue weighted by Gasteiger charge is -2.31. The van der Waals surface area contributed by atoms with Crippen LogP contribution in [0.5, 0.6) is 0 Å². The SMILES string of the molecule is CCNC(=NCC(=O)N(C)C)NCC(c1ccccc1Cl)N(CC)CC. The van der Waals surface area contributed by atoms with Crippen molar-refractivity contribution < 1.29 is 4.79 Å². The lowest BCUT2D eigenvalue weighted by molar-refractivity contribution is -0.127. The van der Waals surface area contributed by atoms with Crippen LogP contribution in [0.15, 0.2) is 29.3 Å². The highest BCUT2D eigenvalue weighted by Gasteiger charge is 2.20. The Bertz CT molecular complexity index is 587. The van der Waals surface area contributed by atoms with Crippen molar-refractivity contribution in [3.63, 3.8) is 0 Å². The lowest BCUT2D eigenvalue weighted by Crippen LogP contribution is -2.43. The van der Waals surface area contributed by atoms with Crippen LogP contribution in [0.4, 0.5) is 0 Å². The molecule has 0 spiro atoms. The molecule has 7 heteroatoms. The predicted molar refractivity (Wildman–Crippen MR) is 110 cm³/mol. The van der Waals surface area contributed by atoms with Crippen LogP contribution in [-0.2, 0) is 4.79 Å². The molecule has 2 N–H and O–H groups in total. The number of nitrogens with zero attached hydrogens (tertiary/aromatic N) is 3. The smallest absolute Gasteiger partial charge is 0.243 e. The molecule has 0 saturated carbocycles. The number of halogens is 1. The summed E-state index contributed by atoms with van der Waals surface area (Å²) in [4.78, 5) is 20.1. The van der Waals surface area contributed by atoms with Crippen LogP contribution < -0.4 is 10.6 Å². The number of rotatable bonds is 9. The Morgan fingerprint density at radius 1 is 1.15 bits per heavy atom. The summed E-state index contributed by atoms with van der Waals surface area (Å²) >= 11 is 6.44. The minimum Gasteiger partial charge on any atom is -0.357 e. The third-order valence-electron chi connectivity index (χ3n) is 4.20. The van der Waals surface area contributed by atoms with Crippen LogP contribution in [0.3, 0.4) is 0 Å². The van der Waals surface area contributed by atoms with E-state index >= 15 is 0 Å². The van der Waals surface area contributed by atoms with Gasteiger partial charge < -0.3 is 15.5 Å². The zero-order valence-corrected chi connectivity index (χ0v) is 17.3. The molecular weight excluding hydrogens is 350 g/mol. The molecule has 0 aromatic heterocycles. The van der Waals surface area contributed by atoms with Crippen LogP contribution in [0.2, 0.25) is 5.02 Å². The number of likely N-dealkylation sites (N-methyl/N-ethyl adjacent to an activating group) is 2. The van der Waals surface area contributed by atoms with E-state index in [1.54, 1.807) is 14.1 Å². The summed E-state index contributed by atoms with van der Waals surface area (Å²) in [6.07, 6.45) is 0. The molecule has 1 unspecified atom stereocenters. The number of guanidine groups is 1. The van der Waals surface area contributed by atoms with Crippen LogP contribution in [0.1, 0.15) is 32.4 Å². The normalized spacial score (nSPS) is 12.8. The van der Waals surface area contributed by atoms with Gasteiger partial charge in [0.05, 0.1) is 6.04 Å². The van der Waals surface area contributed by atoms with Crippen molar-refractivity contribution in [2.45, 2.75) is 26.8 Å². The van der Waals surface area contributed by atoms with Crippen molar-refractivity contribution in [1.29, 1.82) is 0 Å². The molecular formula is C19H32ClN5O. The summed E-state index contributed by atoms with van der Waals surface area (Å²) in [7, 11) is 3.46. The second kappa shape index (κ2) is 11.8. The number of nitrogens with one attached hydrogen (secondary N) is 2. The van der Waals surface area contributed by atoms with Gasteiger partial charge in [0, 0.05) is 32.2 Å². The van der Waals surface area contributed by atoms with Gasteiger partial charge in [0.1, 0.15) is 6.54 Å². The Morgan fingerprint density at radius 2 is 1.81 bits per heavy atom. The van der Waals surface area contributed by atoms with E-state index < -0.39 is 0 Å². The van der Waals surface area contributed by atoms with Gasteiger partial charge in [-0.15, -0.1) is 0 Å². The van der Waals surface area contributed by atoms with Gasteiger partial charge in [0.15, 0.2) is 5.96 Å². The summed E-state index contributed by atoms with van der Waals surface area (Å²) in [5.74, 6) is 0.598. The average Bonchev–Trinajstić information content (AvgIpc) is 2.63. The quantitative estimate of drug-likeness (QED) is 0.509. The summed E-state index contributed by atoms with van der Waals surface area (Å²) in [5.41, 5.74) is 1.09. The number of carbonyl (C=O) groups excluding carboxylic acids is 1. The summed E-state index contributed by atoms with van der Waals surface area (Å²) in [6, 6.07) is 8.05. The largest absolute Gasteiger partial charge is 0.357 e. The first-order valence-electron chi connectivity index (χ1n) is 9.15. The highest BCUT2D eigenvalue weighted by molar-refractivity contribution is 6.31. The van der Waals surface area contributed by atoms with Crippen molar-refractivity contribution in [3.8, 4) is 0 Å². The zero-order chi connectivity index (χ0) is 19.5. The van der Waals surface area contributed by atoms with Gasteiger partial charge in [-0.3, -0.25) is 9.69 Å². The van der Waals surface area contributed by atoms with Gasteiger partial charge in [-0.2, -0.15) is 0 Å². The predicted octanol–water partition coefficient (Wildman–Crippen LogP) is 2.37. The first kappa shape index (κ1) is 22.3. The molecule has 1 aromatic carbocycles. The van der Waals surface area contributed by atoms with E-state index in [2.05, 4.69) is 40.4 Å². The number of benzene rings is 1. The summed E-state index contributed by atoms with van der Waals surface area (Å²) in [6.45, 7) is 9.61. The monoisotopic (exact) mass is 381 g/mol. The number of carbonyl (C=O) groups is 1. The number of hydrogen-bond acceptors (Lipinski definition) is 3. The van der Waals surface area contributed by atoms with Gasteiger partial charge in [-0.25, -0.2) is 4.99 Å². The topological polar surface area (TPSA) is 60.0 Å². The van der Waals surface area contributed by atoms with Crippen molar-refractivity contribution in [2.75, 3.05) is 46.8 Å². The highest BCUT2D eigenvalue weighted by atomic mass is 35.5. The number of hydrogen-bond donors (Lipinski definition) is 2. The minimum absolute atomic E-state index is 0.0337. The molecule has 26 heavy (non-hydrogen) atoms. The molecule has 0 aliphatic rings. The van der Waals surface area contributed by atoms with Gasteiger partial charge >= 0.3 is 0 Å². The van der Waals surface area contributed by atoms with Crippen LogP contribution in [-0.4, -0.2) is 68.5 Å². The molecule has 1 aromatic rings. The maximum atomic E-state index is 11.8. The molecule has 0 aliphatic carbocycles. The second-order valence-corrected chi connectivity index (χ2v) is 6.53. The Morgan fingerprint density at radius 3 is 2.35 bits per heavy atom. The standard InChI is InChI=1S/C19H32ClN5O/c1-6-21-19(23-14-18(26)24(4)5)22-13-17(25(7-2)8-3)15-11-9-10-12-16(15)20/h9-12,17H,6-8,13-14H2,1-5H3,(H2,21,22,23). The van der Waals surface area contributed by atoms with Gasteiger partial charge in [-0.05, 0) is 31.6 Å². The fourth-order valence-electron chi connectivity index (χ4n) is 2.67. The zero-order valence-electron chi connectivity index (χ0n) is 16.6. The molecule has 0 heterocycles. The Kier molecular flexibility index (Phi) is 10.1. The van der Waals surface area contributed by atoms with E-state index in [-0.39, 0.29) is 18.5 Å². The first-order valence-corrected chi connectivity index (χ1v) is 9.53. The fourth-order valence-corrected chi connectivity index (χ4v) is 2.93. The van der Waals surface area contributed by atoms with Gasteiger partial charge in [0.25, 0.3) is 0 Å². The molecule has 0 bridgehead atoms. The molecule has 1 rings (SSSR count). The fraction of sp³-hybridized carbons (Fsp3) is 0.579. The first-order chi connectivity index (χ1) is 12.4. The molecule has 0 aliphatic heterocycles. The molecule has 146 valence electrons. The number of aliphatic imine (C=N–C) groups is 1. The van der Waals surface area contributed by atoms with Crippen molar-refractivity contribution in [1.82, 2.24) is 20.4 Å². The highest BCUT2D eigenvalue weighted by Crippen LogP contribution is 2.26. The summed E-state index contributed by atoms with van der Waals surface area (Å²) in [5, 5.41) is 7.31.